The number of nitrogens with one attached hydrogen (secondary N) is 1. The molecule has 1 aliphatic rings. The zero-order chi connectivity index (χ0) is 14.1. The molecule has 5 nitrogen and oxygen atoms in total. The first-order valence-corrected chi connectivity index (χ1v) is 7.05. The molecule has 0 aliphatic carbocycles. The van der Waals surface area contributed by atoms with Gasteiger partial charge in [0.2, 0.25) is 0 Å². The van der Waals surface area contributed by atoms with E-state index in [2.05, 4.69) is 31.3 Å². The van der Waals surface area contributed by atoms with Gasteiger partial charge in [-0.1, -0.05) is 6.07 Å². The monoisotopic (exact) mass is 332 g/mol. The minimum Gasteiger partial charge on any atom is -0.272 e. The number of hydrogen-bond acceptors (Lipinski definition) is 4. The Bertz CT molecular complexity index is 647. The van der Waals surface area contributed by atoms with E-state index in [0.29, 0.717) is 12.4 Å². The topological polar surface area (TPSA) is 58.1 Å². The average molecular weight is 333 g/mol. The molecule has 2 aromatic rings. The highest BCUT2D eigenvalue weighted by Gasteiger charge is 2.34. The number of hydrogen-bond donors (Lipinski definition) is 1. The van der Waals surface area contributed by atoms with Crippen molar-refractivity contribution in [3.8, 4) is 0 Å². The molecule has 3 rings (SSSR count). The smallest absolute Gasteiger partial charge is 0.251 e. The second kappa shape index (κ2) is 5.30. The van der Waals surface area contributed by atoms with Crippen molar-refractivity contribution in [2.24, 2.45) is 0 Å². The highest BCUT2D eigenvalue weighted by Crippen LogP contribution is 2.26. The number of pyridine rings is 2. The van der Waals surface area contributed by atoms with Crippen LogP contribution in [0.2, 0.25) is 0 Å². The number of aromatic nitrogens is 2. The van der Waals surface area contributed by atoms with E-state index >= 15 is 0 Å². The van der Waals surface area contributed by atoms with Gasteiger partial charge in [0.15, 0.2) is 0 Å². The summed E-state index contributed by atoms with van der Waals surface area (Å²) in [5, 5.41) is 1.51. The lowest BCUT2D eigenvalue weighted by molar-refractivity contribution is -0.118. The van der Waals surface area contributed by atoms with E-state index in [-0.39, 0.29) is 11.8 Å². The molecule has 1 atom stereocenters. The highest BCUT2D eigenvalue weighted by molar-refractivity contribution is 9.10. The molecule has 20 heavy (non-hydrogen) atoms. The fourth-order valence-corrected chi connectivity index (χ4v) is 2.40. The molecule has 0 aromatic carbocycles. The van der Waals surface area contributed by atoms with Crippen LogP contribution in [-0.4, -0.2) is 22.4 Å². The van der Waals surface area contributed by atoms with Crippen LogP contribution in [0, 0.1) is 6.92 Å². The maximum absolute atomic E-state index is 12.5. The molecule has 102 valence electrons. The van der Waals surface area contributed by atoms with E-state index < -0.39 is 0 Å². The fourth-order valence-electron chi connectivity index (χ4n) is 2.19. The molecule has 0 radical (unpaired) electrons. The molecular formula is C14H13BrN4O. The third kappa shape index (κ3) is 2.32. The third-order valence-electron chi connectivity index (χ3n) is 3.32. The predicted molar refractivity (Wildman–Crippen MR) is 79.1 cm³/mol. The summed E-state index contributed by atoms with van der Waals surface area (Å²) in [5.74, 6) is 0.392. The van der Waals surface area contributed by atoms with Gasteiger partial charge in [-0.2, -0.15) is 0 Å². The van der Waals surface area contributed by atoms with Gasteiger partial charge in [0, 0.05) is 29.6 Å². The van der Waals surface area contributed by atoms with Crippen molar-refractivity contribution in [3.63, 3.8) is 0 Å². The summed E-state index contributed by atoms with van der Waals surface area (Å²) in [6.07, 6.45) is 5.14. The number of nitrogens with zero attached hydrogens (tertiary/aromatic N) is 3. The summed E-state index contributed by atoms with van der Waals surface area (Å²) >= 11 is 3.41. The lowest BCUT2D eigenvalue weighted by Gasteiger charge is -2.16. The van der Waals surface area contributed by atoms with Gasteiger partial charge in [-0.25, -0.2) is 15.4 Å². The van der Waals surface area contributed by atoms with Gasteiger partial charge in [-0.3, -0.25) is 9.78 Å². The number of amides is 1. The van der Waals surface area contributed by atoms with E-state index in [1.54, 1.807) is 18.6 Å². The minimum absolute atomic E-state index is 0.00720. The van der Waals surface area contributed by atoms with Gasteiger partial charge in [-0.15, -0.1) is 0 Å². The van der Waals surface area contributed by atoms with Gasteiger partial charge >= 0.3 is 0 Å². The molecule has 3 heterocycles. The van der Waals surface area contributed by atoms with Crippen LogP contribution in [0.5, 0.6) is 0 Å². The molecule has 0 bridgehead atoms. The van der Waals surface area contributed by atoms with Crippen LogP contribution in [0.4, 0.5) is 5.82 Å². The van der Waals surface area contributed by atoms with Crippen LogP contribution in [0.15, 0.2) is 41.3 Å². The molecule has 1 amide bonds. The Labute approximate surface area is 125 Å². The van der Waals surface area contributed by atoms with Crippen molar-refractivity contribution in [2.45, 2.75) is 12.8 Å². The van der Waals surface area contributed by atoms with E-state index in [1.165, 1.54) is 5.01 Å². The molecule has 2 aromatic heterocycles. The van der Waals surface area contributed by atoms with Crippen molar-refractivity contribution >= 4 is 27.7 Å². The van der Waals surface area contributed by atoms with Gasteiger partial charge < -0.3 is 0 Å². The van der Waals surface area contributed by atoms with E-state index in [9.17, 15) is 4.79 Å². The third-order valence-corrected chi connectivity index (χ3v) is 4.15. The Morgan fingerprint density at radius 1 is 1.45 bits per heavy atom. The van der Waals surface area contributed by atoms with Gasteiger partial charge in [0.25, 0.3) is 5.91 Å². The zero-order valence-corrected chi connectivity index (χ0v) is 12.5. The number of carbonyl (C=O) groups excluding carboxylic acids is 1. The quantitative estimate of drug-likeness (QED) is 0.915. The van der Waals surface area contributed by atoms with Crippen molar-refractivity contribution in [3.05, 3.63) is 52.4 Å². The molecule has 1 saturated heterocycles. The van der Waals surface area contributed by atoms with Crippen LogP contribution >= 0.6 is 15.9 Å². The SMILES string of the molecule is Cc1cc(N2NCC(c3cccnc3)C2=O)ncc1Br. The zero-order valence-electron chi connectivity index (χ0n) is 10.9. The Hall–Kier alpha value is -1.79. The van der Waals surface area contributed by atoms with Crippen molar-refractivity contribution in [2.75, 3.05) is 11.6 Å². The number of hydrazine groups is 1. The Balaban J connectivity index is 1.87. The number of halogens is 1. The molecule has 0 spiro atoms. The maximum Gasteiger partial charge on any atom is 0.251 e. The number of carbonyl (C=O) groups is 1. The summed E-state index contributed by atoms with van der Waals surface area (Å²) in [6, 6.07) is 5.63. The molecular weight excluding hydrogens is 320 g/mol. The first kappa shape index (κ1) is 13.2. The van der Waals surface area contributed by atoms with Crippen LogP contribution in [0.25, 0.3) is 0 Å². The number of anilines is 1. The lowest BCUT2D eigenvalue weighted by atomic mass is 10.0. The normalized spacial score (nSPS) is 18.6. The molecule has 1 unspecified atom stereocenters. The summed E-state index contributed by atoms with van der Waals surface area (Å²) in [6.45, 7) is 2.52. The molecule has 6 heteroatoms. The van der Waals surface area contributed by atoms with Crippen molar-refractivity contribution < 1.29 is 4.79 Å². The molecule has 1 N–H and O–H groups in total. The summed E-state index contributed by atoms with van der Waals surface area (Å²) < 4.78 is 0.928. The lowest BCUT2D eigenvalue weighted by Crippen LogP contribution is -2.35. The average Bonchev–Trinajstić information content (AvgIpc) is 2.85. The van der Waals surface area contributed by atoms with Crippen LogP contribution in [0.1, 0.15) is 17.0 Å². The van der Waals surface area contributed by atoms with E-state index in [4.69, 9.17) is 0 Å². The van der Waals surface area contributed by atoms with E-state index in [0.717, 1.165) is 15.6 Å². The number of aryl methyl sites for hydroxylation is 1. The summed E-state index contributed by atoms with van der Waals surface area (Å²) in [7, 11) is 0. The highest BCUT2D eigenvalue weighted by atomic mass is 79.9. The summed E-state index contributed by atoms with van der Waals surface area (Å²) in [4.78, 5) is 20.8. The molecule has 1 aliphatic heterocycles. The second-order valence-electron chi connectivity index (χ2n) is 4.67. The van der Waals surface area contributed by atoms with Gasteiger partial charge in [-0.05, 0) is 46.1 Å². The minimum atomic E-state index is -0.213. The largest absolute Gasteiger partial charge is 0.272 e. The van der Waals surface area contributed by atoms with Crippen LogP contribution in [0.3, 0.4) is 0 Å². The fraction of sp³-hybridized carbons (Fsp3) is 0.214. The standard InChI is InChI=1S/C14H13BrN4O/c1-9-5-13(17-8-12(9)15)19-14(20)11(7-18-19)10-3-2-4-16-6-10/h2-6,8,11,18H,7H2,1H3. The second-order valence-corrected chi connectivity index (χ2v) is 5.52. The van der Waals surface area contributed by atoms with Crippen molar-refractivity contribution in [1.29, 1.82) is 0 Å². The Morgan fingerprint density at radius 2 is 2.30 bits per heavy atom. The molecule has 0 saturated carbocycles. The first-order valence-electron chi connectivity index (χ1n) is 6.26. The van der Waals surface area contributed by atoms with Crippen LogP contribution < -0.4 is 10.4 Å². The van der Waals surface area contributed by atoms with E-state index in [1.807, 2.05) is 25.1 Å². The Kier molecular flexibility index (Phi) is 3.50. The maximum atomic E-state index is 12.5. The van der Waals surface area contributed by atoms with Gasteiger partial charge in [0.1, 0.15) is 5.82 Å². The Morgan fingerprint density at radius 3 is 3.00 bits per heavy atom. The first-order chi connectivity index (χ1) is 9.66. The van der Waals surface area contributed by atoms with Gasteiger partial charge in [0.05, 0.1) is 5.92 Å². The van der Waals surface area contributed by atoms with Crippen LogP contribution in [-0.2, 0) is 4.79 Å². The molecule has 1 fully saturated rings. The predicted octanol–water partition coefficient (Wildman–Crippen LogP) is 2.18. The summed E-state index contributed by atoms with van der Waals surface area (Å²) in [5.41, 5.74) is 5.05. The van der Waals surface area contributed by atoms with Crippen molar-refractivity contribution in [1.82, 2.24) is 15.4 Å². The number of rotatable bonds is 2.